The molecule has 0 saturated carbocycles. The summed E-state index contributed by atoms with van der Waals surface area (Å²) in [5, 5.41) is 11.8. The second-order valence-corrected chi connectivity index (χ2v) is 7.11. The van der Waals surface area contributed by atoms with E-state index in [1.807, 2.05) is 0 Å². The predicted octanol–water partition coefficient (Wildman–Crippen LogP) is 3.45. The van der Waals surface area contributed by atoms with Crippen molar-refractivity contribution < 1.29 is 28.9 Å². The molecule has 30 heavy (non-hydrogen) atoms. The number of carboxylic acids is 1. The Morgan fingerprint density at radius 1 is 1.13 bits per heavy atom. The maximum Gasteiger partial charge on any atom is 0.306 e. The highest BCUT2D eigenvalue weighted by molar-refractivity contribution is 8.18. The standard InChI is InChI=1S/C21H20N2O6S/c1-27-15-7-8-16(17(12-15)28-2)22-21-23-20(26)18(30-21)11-13-3-5-14(6-4-13)29-10-9-19(24)25/h3-8,11-12H,9-10H2,1-2H3,(H,24,25)(H,22,23,26)/b18-11+. The van der Waals surface area contributed by atoms with Crippen molar-refractivity contribution in [2.75, 3.05) is 20.8 Å². The van der Waals surface area contributed by atoms with Crippen molar-refractivity contribution in [2.45, 2.75) is 6.42 Å². The third-order valence-corrected chi connectivity index (χ3v) is 4.93. The maximum absolute atomic E-state index is 12.3. The van der Waals surface area contributed by atoms with Gasteiger partial charge in [0.15, 0.2) is 5.17 Å². The molecule has 0 aromatic heterocycles. The summed E-state index contributed by atoms with van der Waals surface area (Å²) < 4.78 is 15.9. The number of nitrogens with one attached hydrogen (secondary N) is 1. The average molecular weight is 428 g/mol. The molecule has 3 rings (SSSR count). The Hall–Kier alpha value is -3.46. The molecular weight excluding hydrogens is 408 g/mol. The summed E-state index contributed by atoms with van der Waals surface area (Å²) in [6.07, 6.45) is 1.68. The number of carbonyl (C=O) groups excluding carboxylic acids is 1. The van der Waals surface area contributed by atoms with Gasteiger partial charge in [0.05, 0.1) is 32.2 Å². The Labute approximate surface area is 177 Å². The minimum Gasteiger partial charge on any atom is -0.497 e. The summed E-state index contributed by atoms with van der Waals surface area (Å²) in [5.41, 5.74) is 1.38. The van der Waals surface area contributed by atoms with E-state index in [1.165, 1.54) is 11.8 Å². The highest BCUT2D eigenvalue weighted by Gasteiger charge is 2.24. The van der Waals surface area contributed by atoms with Crippen LogP contribution in [0.4, 0.5) is 5.69 Å². The van der Waals surface area contributed by atoms with Gasteiger partial charge in [-0.3, -0.25) is 9.59 Å². The number of nitrogens with zero attached hydrogens (tertiary/aromatic N) is 1. The Balaban J connectivity index is 1.70. The number of thioether (sulfide) groups is 1. The molecule has 2 aromatic rings. The fourth-order valence-corrected chi connectivity index (χ4v) is 3.37. The Bertz CT molecular complexity index is 1000. The molecule has 156 valence electrons. The van der Waals surface area contributed by atoms with Gasteiger partial charge in [0, 0.05) is 6.07 Å². The van der Waals surface area contributed by atoms with E-state index in [4.69, 9.17) is 19.3 Å². The number of amidine groups is 1. The molecule has 2 aromatic carbocycles. The van der Waals surface area contributed by atoms with Crippen molar-refractivity contribution in [3.63, 3.8) is 0 Å². The number of aliphatic carboxylic acids is 1. The third-order valence-electron chi connectivity index (χ3n) is 4.02. The Morgan fingerprint density at radius 2 is 1.87 bits per heavy atom. The highest BCUT2D eigenvalue weighted by atomic mass is 32.2. The van der Waals surface area contributed by atoms with Crippen LogP contribution in [0.2, 0.25) is 0 Å². The average Bonchev–Trinajstić information content (AvgIpc) is 3.08. The van der Waals surface area contributed by atoms with Crippen LogP contribution < -0.4 is 19.5 Å². The summed E-state index contributed by atoms with van der Waals surface area (Å²) in [7, 11) is 3.11. The van der Waals surface area contributed by atoms with Crippen molar-refractivity contribution in [3.05, 3.63) is 52.9 Å². The molecule has 0 spiro atoms. The molecular formula is C21H20N2O6S. The first-order chi connectivity index (χ1) is 14.5. The van der Waals surface area contributed by atoms with E-state index in [0.717, 1.165) is 5.56 Å². The van der Waals surface area contributed by atoms with Gasteiger partial charge in [0.25, 0.3) is 5.91 Å². The molecule has 2 N–H and O–H groups in total. The van der Waals surface area contributed by atoms with E-state index in [1.54, 1.807) is 62.8 Å². The molecule has 1 saturated heterocycles. The van der Waals surface area contributed by atoms with E-state index in [2.05, 4.69) is 10.3 Å². The number of carbonyl (C=O) groups is 2. The number of aliphatic imine (C=N–C) groups is 1. The van der Waals surface area contributed by atoms with Gasteiger partial charge in [-0.05, 0) is 47.7 Å². The van der Waals surface area contributed by atoms with E-state index < -0.39 is 5.97 Å². The number of amides is 1. The van der Waals surface area contributed by atoms with E-state index in [-0.39, 0.29) is 18.9 Å². The van der Waals surface area contributed by atoms with Crippen molar-refractivity contribution in [1.29, 1.82) is 0 Å². The van der Waals surface area contributed by atoms with Crippen LogP contribution >= 0.6 is 11.8 Å². The number of hydrogen-bond donors (Lipinski definition) is 2. The third kappa shape index (κ3) is 5.54. The lowest BCUT2D eigenvalue weighted by molar-refractivity contribution is -0.137. The monoisotopic (exact) mass is 428 g/mol. The number of hydrogen-bond acceptors (Lipinski definition) is 7. The molecule has 1 aliphatic rings. The van der Waals surface area contributed by atoms with Crippen LogP contribution in [0.25, 0.3) is 6.08 Å². The van der Waals surface area contributed by atoms with Crippen molar-refractivity contribution in [3.8, 4) is 17.2 Å². The summed E-state index contributed by atoms with van der Waals surface area (Å²) >= 11 is 1.23. The van der Waals surface area contributed by atoms with Gasteiger partial charge in [-0.2, -0.15) is 0 Å². The zero-order valence-electron chi connectivity index (χ0n) is 16.4. The first-order valence-corrected chi connectivity index (χ1v) is 9.76. The van der Waals surface area contributed by atoms with E-state index >= 15 is 0 Å². The fraction of sp³-hybridized carbons (Fsp3) is 0.190. The van der Waals surface area contributed by atoms with Crippen LogP contribution in [0.15, 0.2) is 52.4 Å². The molecule has 0 atom stereocenters. The summed E-state index contributed by atoms with van der Waals surface area (Å²) in [4.78, 5) is 27.8. The zero-order valence-corrected chi connectivity index (χ0v) is 17.2. The van der Waals surface area contributed by atoms with Crippen molar-refractivity contribution in [2.24, 2.45) is 4.99 Å². The van der Waals surface area contributed by atoms with Crippen LogP contribution in [-0.4, -0.2) is 43.0 Å². The van der Waals surface area contributed by atoms with E-state index in [0.29, 0.717) is 33.0 Å². The largest absolute Gasteiger partial charge is 0.497 e. The van der Waals surface area contributed by atoms with Gasteiger partial charge >= 0.3 is 5.97 Å². The quantitative estimate of drug-likeness (QED) is 0.620. The fourth-order valence-electron chi connectivity index (χ4n) is 2.54. The first kappa shape index (κ1) is 21.3. The Morgan fingerprint density at radius 3 is 2.53 bits per heavy atom. The SMILES string of the molecule is COc1ccc(N=C2NC(=O)/C(=C\c3ccc(OCCC(=O)O)cc3)S2)c(OC)c1. The maximum atomic E-state index is 12.3. The Kier molecular flexibility index (Phi) is 6.97. The minimum absolute atomic E-state index is 0.0658. The lowest BCUT2D eigenvalue weighted by atomic mass is 10.2. The second kappa shape index (κ2) is 9.84. The molecule has 0 radical (unpaired) electrons. The highest BCUT2D eigenvalue weighted by Crippen LogP contribution is 2.34. The minimum atomic E-state index is -0.912. The number of ether oxygens (including phenoxy) is 3. The van der Waals surface area contributed by atoms with Gasteiger partial charge < -0.3 is 24.6 Å². The van der Waals surface area contributed by atoms with Crippen LogP contribution in [0.1, 0.15) is 12.0 Å². The van der Waals surface area contributed by atoms with Crippen molar-refractivity contribution in [1.82, 2.24) is 5.32 Å². The molecule has 1 aliphatic heterocycles. The zero-order chi connectivity index (χ0) is 21.5. The van der Waals surface area contributed by atoms with Crippen LogP contribution in [-0.2, 0) is 9.59 Å². The molecule has 1 heterocycles. The number of benzene rings is 2. The number of rotatable bonds is 8. The lowest BCUT2D eigenvalue weighted by Gasteiger charge is -2.07. The van der Waals surface area contributed by atoms with Gasteiger partial charge in [-0.1, -0.05) is 12.1 Å². The second-order valence-electron chi connectivity index (χ2n) is 6.08. The van der Waals surface area contributed by atoms with Crippen molar-refractivity contribution >= 4 is 40.6 Å². The van der Waals surface area contributed by atoms with Crippen LogP contribution in [0.3, 0.4) is 0 Å². The van der Waals surface area contributed by atoms with Gasteiger partial charge in [0.2, 0.25) is 0 Å². The molecule has 0 aliphatic carbocycles. The van der Waals surface area contributed by atoms with Crippen LogP contribution in [0, 0.1) is 0 Å². The van der Waals surface area contributed by atoms with Gasteiger partial charge in [-0.15, -0.1) is 0 Å². The molecule has 1 amide bonds. The lowest BCUT2D eigenvalue weighted by Crippen LogP contribution is -2.19. The number of carboxylic acid groups (broad SMARTS) is 1. The molecule has 8 nitrogen and oxygen atoms in total. The summed E-state index contributed by atoms with van der Waals surface area (Å²) in [6, 6.07) is 12.3. The summed E-state index contributed by atoms with van der Waals surface area (Å²) in [5.74, 6) is 0.594. The van der Waals surface area contributed by atoms with Gasteiger partial charge in [-0.25, -0.2) is 4.99 Å². The molecule has 9 heteroatoms. The molecule has 0 unspecified atom stereocenters. The van der Waals surface area contributed by atoms with Crippen LogP contribution in [0.5, 0.6) is 17.2 Å². The predicted molar refractivity (Wildman–Crippen MR) is 115 cm³/mol. The normalized spacial score (nSPS) is 15.9. The smallest absolute Gasteiger partial charge is 0.306 e. The topological polar surface area (TPSA) is 106 Å². The van der Waals surface area contributed by atoms with Gasteiger partial charge in [0.1, 0.15) is 22.9 Å². The molecule has 1 fully saturated rings. The summed E-state index contributed by atoms with van der Waals surface area (Å²) in [6.45, 7) is 0.0999. The molecule has 0 bridgehead atoms. The first-order valence-electron chi connectivity index (χ1n) is 8.95. The number of methoxy groups -OCH3 is 2. The van der Waals surface area contributed by atoms with E-state index in [9.17, 15) is 9.59 Å².